The Kier molecular flexibility index (Phi) is 7.18. The molecular weight excluding hydrogens is 306 g/mol. The maximum Gasteiger partial charge on any atom is 0.228 e. The highest BCUT2D eigenvalue weighted by molar-refractivity contribution is 5.79. The molecule has 6 nitrogen and oxygen atoms in total. The van der Waals surface area contributed by atoms with E-state index in [-0.39, 0.29) is 11.8 Å². The lowest BCUT2D eigenvalue weighted by Gasteiger charge is -2.34. The SMILES string of the molecule is CC(C)COCCC(=O)N1CCN(C(=O)Cc2ccccn2)CC1. The number of rotatable bonds is 7. The van der Waals surface area contributed by atoms with Gasteiger partial charge in [0.25, 0.3) is 0 Å². The first-order chi connectivity index (χ1) is 11.6. The van der Waals surface area contributed by atoms with Crippen molar-refractivity contribution in [3.63, 3.8) is 0 Å². The molecule has 1 aromatic rings. The van der Waals surface area contributed by atoms with Gasteiger partial charge in [0.05, 0.1) is 19.4 Å². The van der Waals surface area contributed by atoms with Gasteiger partial charge in [0.2, 0.25) is 11.8 Å². The minimum absolute atomic E-state index is 0.0704. The summed E-state index contributed by atoms with van der Waals surface area (Å²) in [5, 5.41) is 0. The van der Waals surface area contributed by atoms with Crippen LogP contribution in [-0.4, -0.2) is 66.0 Å². The second-order valence-corrected chi connectivity index (χ2v) is 6.48. The molecule has 1 aliphatic rings. The average molecular weight is 333 g/mol. The van der Waals surface area contributed by atoms with Crippen LogP contribution >= 0.6 is 0 Å². The number of carbonyl (C=O) groups is 2. The third-order valence-corrected chi connectivity index (χ3v) is 3.96. The lowest BCUT2D eigenvalue weighted by molar-refractivity contribution is -0.139. The molecule has 24 heavy (non-hydrogen) atoms. The van der Waals surface area contributed by atoms with Crippen molar-refractivity contribution in [2.45, 2.75) is 26.7 Å². The summed E-state index contributed by atoms with van der Waals surface area (Å²) < 4.78 is 5.46. The molecule has 1 fully saturated rings. The highest BCUT2D eigenvalue weighted by Crippen LogP contribution is 2.07. The van der Waals surface area contributed by atoms with E-state index in [1.54, 1.807) is 6.20 Å². The normalized spacial score (nSPS) is 15.0. The topological polar surface area (TPSA) is 62.7 Å². The number of carbonyl (C=O) groups excluding carboxylic acids is 2. The standard InChI is InChI=1S/C18H27N3O3/c1-15(2)14-24-12-6-17(22)20-8-10-21(11-9-20)18(23)13-16-5-3-4-7-19-16/h3-5,7,15H,6,8-14H2,1-2H3. The fraction of sp³-hybridized carbons (Fsp3) is 0.611. The van der Waals surface area contributed by atoms with Crippen LogP contribution in [0.5, 0.6) is 0 Å². The van der Waals surface area contributed by atoms with Crippen molar-refractivity contribution in [2.24, 2.45) is 5.92 Å². The van der Waals surface area contributed by atoms with Crippen LogP contribution in [0.4, 0.5) is 0 Å². The van der Waals surface area contributed by atoms with Crippen LogP contribution in [0.25, 0.3) is 0 Å². The summed E-state index contributed by atoms with van der Waals surface area (Å²) in [7, 11) is 0. The van der Waals surface area contributed by atoms with Crippen molar-refractivity contribution in [1.29, 1.82) is 0 Å². The smallest absolute Gasteiger partial charge is 0.228 e. The molecule has 2 heterocycles. The van der Waals surface area contributed by atoms with Gasteiger partial charge in [0, 0.05) is 44.7 Å². The van der Waals surface area contributed by atoms with E-state index >= 15 is 0 Å². The molecule has 1 aliphatic heterocycles. The van der Waals surface area contributed by atoms with E-state index in [1.807, 2.05) is 28.0 Å². The van der Waals surface area contributed by atoms with E-state index < -0.39 is 0 Å². The van der Waals surface area contributed by atoms with E-state index in [1.165, 1.54) is 0 Å². The van der Waals surface area contributed by atoms with Gasteiger partial charge in [-0.05, 0) is 18.1 Å². The maximum absolute atomic E-state index is 12.3. The van der Waals surface area contributed by atoms with E-state index in [9.17, 15) is 9.59 Å². The summed E-state index contributed by atoms with van der Waals surface area (Å²) in [4.78, 5) is 32.2. The summed E-state index contributed by atoms with van der Waals surface area (Å²) >= 11 is 0. The number of pyridine rings is 1. The molecule has 0 atom stereocenters. The Hall–Kier alpha value is -1.95. The fourth-order valence-corrected chi connectivity index (χ4v) is 2.61. The highest BCUT2D eigenvalue weighted by atomic mass is 16.5. The number of piperazine rings is 1. The Morgan fingerprint density at radius 1 is 1.12 bits per heavy atom. The lowest BCUT2D eigenvalue weighted by atomic mass is 10.2. The van der Waals surface area contributed by atoms with Gasteiger partial charge in [-0.25, -0.2) is 0 Å². The predicted octanol–water partition coefficient (Wildman–Crippen LogP) is 1.36. The van der Waals surface area contributed by atoms with Crippen molar-refractivity contribution in [3.05, 3.63) is 30.1 Å². The zero-order chi connectivity index (χ0) is 17.4. The van der Waals surface area contributed by atoms with E-state index in [0.717, 1.165) is 5.69 Å². The van der Waals surface area contributed by atoms with Crippen LogP contribution in [0, 0.1) is 5.92 Å². The van der Waals surface area contributed by atoms with Gasteiger partial charge < -0.3 is 14.5 Å². The quantitative estimate of drug-likeness (QED) is 0.707. The van der Waals surface area contributed by atoms with Gasteiger partial charge in [-0.1, -0.05) is 19.9 Å². The molecule has 0 saturated carbocycles. The van der Waals surface area contributed by atoms with Crippen molar-refractivity contribution >= 4 is 11.8 Å². The summed E-state index contributed by atoms with van der Waals surface area (Å²) in [6.07, 6.45) is 2.42. The Morgan fingerprint density at radius 3 is 2.38 bits per heavy atom. The predicted molar refractivity (Wildman–Crippen MR) is 91.4 cm³/mol. The van der Waals surface area contributed by atoms with Crippen LogP contribution < -0.4 is 0 Å². The highest BCUT2D eigenvalue weighted by Gasteiger charge is 2.24. The second-order valence-electron chi connectivity index (χ2n) is 6.48. The van der Waals surface area contributed by atoms with Crippen LogP contribution in [0.2, 0.25) is 0 Å². The number of amides is 2. The molecule has 2 rings (SSSR count). The van der Waals surface area contributed by atoms with E-state index in [0.29, 0.717) is 58.2 Å². The van der Waals surface area contributed by atoms with Crippen molar-refractivity contribution < 1.29 is 14.3 Å². The van der Waals surface area contributed by atoms with Gasteiger partial charge >= 0.3 is 0 Å². The molecular formula is C18H27N3O3. The molecule has 0 bridgehead atoms. The largest absolute Gasteiger partial charge is 0.381 e. The molecule has 0 unspecified atom stereocenters. The minimum Gasteiger partial charge on any atom is -0.381 e. The Balaban J connectivity index is 1.69. The molecule has 2 amide bonds. The van der Waals surface area contributed by atoms with Crippen LogP contribution in [0.3, 0.4) is 0 Å². The number of aromatic nitrogens is 1. The number of nitrogens with zero attached hydrogens (tertiary/aromatic N) is 3. The van der Waals surface area contributed by atoms with Crippen LogP contribution in [-0.2, 0) is 20.7 Å². The first-order valence-electron chi connectivity index (χ1n) is 8.59. The minimum atomic E-state index is 0.0704. The lowest BCUT2D eigenvalue weighted by Crippen LogP contribution is -2.51. The monoisotopic (exact) mass is 333 g/mol. The molecule has 6 heteroatoms. The van der Waals surface area contributed by atoms with E-state index in [2.05, 4.69) is 18.8 Å². The van der Waals surface area contributed by atoms with Gasteiger partial charge in [0.15, 0.2) is 0 Å². The fourth-order valence-electron chi connectivity index (χ4n) is 2.61. The van der Waals surface area contributed by atoms with Crippen LogP contribution in [0.15, 0.2) is 24.4 Å². The summed E-state index contributed by atoms with van der Waals surface area (Å²) in [5.74, 6) is 0.658. The van der Waals surface area contributed by atoms with Crippen molar-refractivity contribution in [1.82, 2.24) is 14.8 Å². The van der Waals surface area contributed by atoms with Crippen molar-refractivity contribution in [3.8, 4) is 0 Å². The zero-order valence-electron chi connectivity index (χ0n) is 14.6. The number of ether oxygens (including phenoxy) is 1. The van der Waals surface area contributed by atoms with Gasteiger partial charge in [-0.3, -0.25) is 14.6 Å². The number of hydrogen-bond donors (Lipinski definition) is 0. The molecule has 1 aromatic heterocycles. The molecule has 0 aliphatic carbocycles. The summed E-state index contributed by atoms with van der Waals surface area (Å²) in [6.45, 7) is 7.69. The van der Waals surface area contributed by atoms with Gasteiger partial charge in [-0.15, -0.1) is 0 Å². The second kappa shape index (κ2) is 9.37. The van der Waals surface area contributed by atoms with Gasteiger partial charge in [-0.2, -0.15) is 0 Å². The molecule has 0 radical (unpaired) electrons. The van der Waals surface area contributed by atoms with Crippen molar-refractivity contribution in [2.75, 3.05) is 39.4 Å². The molecule has 0 N–H and O–H groups in total. The molecule has 0 aromatic carbocycles. The Morgan fingerprint density at radius 2 is 1.79 bits per heavy atom. The first kappa shape index (κ1) is 18.4. The molecule has 132 valence electrons. The van der Waals surface area contributed by atoms with Crippen LogP contribution in [0.1, 0.15) is 26.0 Å². The number of hydrogen-bond acceptors (Lipinski definition) is 4. The Labute approximate surface area is 143 Å². The summed E-state index contributed by atoms with van der Waals surface area (Å²) in [5.41, 5.74) is 0.781. The maximum atomic E-state index is 12.3. The van der Waals surface area contributed by atoms with E-state index in [4.69, 9.17) is 4.74 Å². The molecule has 1 saturated heterocycles. The first-order valence-corrected chi connectivity index (χ1v) is 8.59. The van der Waals surface area contributed by atoms with Gasteiger partial charge in [0.1, 0.15) is 0 Å². The Bertz CT molecular complexity index is 526. The third-order valence-electron chi connectivity index (χ3n) is 3.96. The molecule has 0 spiro atoms. The zero-order valence-corrected chi connectivity index (χ0v) is 14.6. The summed E-state index contributed by atoms with van der Waals surface area (Å²) in [6, 6.07) is 5.58. The third kappa shape index (κ3) is 5.92. The average Bonchev–Trinajstić information content (AvgIpc) is 2.59.